The molecule has 1 aliphatic heterocycles. The van der Waals surface area contributed by atoms with Crippen molar-refractivity contribution in [1.82, 2.24) is 0 Å². The summed E-state index contributed by atoms with van der Waals surface area (Å²) in [6.45, 7) is 1.74. The maximum atomic E-state index is 13.7. The molecule has 0 bridgehead atoms. The zero-order valence-electron chi connectivity index (χ0n) is 12.1. The fraction of sp³-hybridized carbons (Fsp3) is 0.294. The average molecular weight is 287 g/mol. The lowest BCUT2D eigenvalue weighted by molar-refractivity contribution is 0.160. The summed E-state index contributed by atoms with van der Waals surface area (Å²) >= 11 is 0. The van der Waals surface area contributed by atoms with Gasteiger partial charge in [-0.1, -0.05) is 18.2 Å². The van der Waals surface area contributed by atoms with Crippen LogP contribution in [0.5, 0.6) is 11.5 Å². The van der Waals surface area contributed by atoms with Crippen LogP contribution in [0, 0.1) is 12.7 Å². The van der Waals surface area contributed by atoms with Crippen LogP contribution < -0.4 is 15.2 Å². The van der Waals surface area contributed by atoms with E-state index in [0.717, 1.165) is 16.9 Å². The molecule has 0 aromatic heterocycles. The highest BCUT2D eigenvalue weighted by atomic mass is 19.1. The molecule has 0 radical (unpaired) electrons. The SMILES string of the molecule is COc1ccc2c(c1)OC(c1ccc(C)c(F)c1)C[C@@H]2N. The Bertz CT molecular complexity index is 672. The molecule has 110 valence electrons. The summed E-state index contributed by atoms with van der Waals surface area (Å²) in [5, 5.41) is 0. The third-order valence-corrected chi connectivity index (χ3v) is 3.93. The van der Waals surface area contributed by atoms with Crippen molar-refractivity contribution in [3.8, 4) is 11.5 Å². The van der Waals surface area contributed by atoms with Crippen LogP contribution in [0.2, 0.25) is 0 Å². The van der Waals surface area contributed by atoms with E-state index in [1.807, 2.05) is 24.3 Å². The van der Waals surface area contributed by atoms with E-state index in [4.69, 9.17) is 15.2 Å². The Labute approximate surface area is 123 Å². The van der Waals surface area contributed by atoms with Crippen molar-refractivity contribution in [2.45, 2.75) is 25.5 Å². The minimum atomic E-state index is -0.241. The molecule has 1 aliphatic rings. The van der Waals surface area contributed by atoms with Crippen LogP contribution in [0.3, 0.4) is 0 Å². The molecule has 2 aromatic carbocycles. The van der Waals surface area contributed by atoms with E-state index in [1.165, 1.54) is 6.07 Å². The fourth-order valence-corrected chi connectivity index (χ4v) is 2.62. The normalized spacial score (nSPS) is 20.6. The molecule has 2 atom stereocenters. The molecule has 2 aromatic rings. The van der Waals surface area contributed by atoms with Crippen LogP contribution >= 0.6 is 0 Å². The van der Waals surface area contributed by atoms with Crippen LogP contribution in [-0.2, 0) is 0 Å². The van der Waals surface area contributed by atoms with Gasteiger partial charge >= 0.3 is 0 Å². The topological polar surface area (TPSA) is 44.5 Å². The van der Waals surface area contributed by atoms with Crippen molar-refractivity contribution < 1.29 is 13.9 Å². The first-order valence-corrected chi connectivity index (χ1v) is 6.94. The van der Waals surface area contributed by atoms with Crippen LogP contribution in [0.1, 0.15) is 35.3 Å². The van der Waals surface area contributed by atoms with Gasteiger partial charge in [-0.3, -0.25) is 0 Å². The summed E-state index contributed by atoms with van der Waals surface area (Å²) in [4.78, 5) is 0. The summed E-state index contributed by atoms with van der Waals surface area (Å²) < 4.78 is 24.9. The number of halogens is 1. The molecular formula is C17H18FNO2. The molecule has 0 fully saturated rings. The maximum absolute atomic E-state index is 13.7. The number of rotatable bonds is 2. The number of aryl methyl sites for hydroxylation is 1. The number of fused-ring (bicyclic) bond motifs is 1. The number of hydrogen-bond donors (Lipinski definition) is 1. The lowest BCUT2D eigenvalue weighted by Crippen LogP contribution is -2.24. The van der Waals surface area contributed by atoms with Gasteiger partial charge in [0.2, 0.25) is 0 Å². The predicted octanol–water partition coefficient (Wildman–Crippen LogP) is 3.67. The molecule has 3 nitrogen and oxygen atoms in total. The Balaban J connectivity index is 1.94. The van der Waals surface area contributed by atoms with E-state index >= 15 is 0 Å². The number of nitrogens with two attached hydrogens (primary N) is 1. The first-order valence-electron chi connectivity index (χ1n) is 6.94. The molecule has 1 heterocycles. The lowest BCUT2D eigenvalue weighted by Gasteiger charge is -2.31. The van der Waals surface area contributed by atoms with E-state index < -0.39 is 0 Å². The van der Waals surface area contributed by atoms with Crippen LogP contribution in [0.15, 0.2) is 36.4 Å². The van der Waals surface area contributed by atoms with Crippen molar-refractivity contribution in [2.75, 3.05) is 7.11 Å². The fourth-order valence-electron chi connectivity index (χ4n) is 2.62. The Morgan fingerprint density at radius 1 is 1.24 bits per heavy atom. The molecule has 0 aliphatic carbocycles. The molecule has 1 unspecified atom stereocenters. The molecule has 2 N–H and O–H groups in total. The van der Waals surface area contributed by atoms with Crippen molar-refractivity contribution >= 4 is 0 Å². The van der Waals surface area contributed by atoms with Crippen molar-refractivity contribution in [3.63, 3.8) is 0 Å². The Morgan fingerprint density at radius 3 is 2.76 bits per heavy atom. The van der Waals surface area contributed by atoms with Gasteiger partial charge in [-0.05, 0) is 30.2 Å². The van der Waals surface area contributed by atoms with E-state index in [9.17, 15) is 4.39 Å². The molecule has 4 heteroatoms. The third-order valence-electron chi connectivity index (χ3n) is 3.93. The standard InChI is InChI=1S/C17H18FNO2/c1-10-3-4-11(7-14(10)18)16-9-15(19)13-6-5-12(20-2)8-17(13)21-16/h3-8,15-16H,9,19H2,1-2H3/t15-,16?/m0/s1. The number of ether oxygens (including phenoxy) is 2. The second-order valence-corrected chi connectivity index (χ2v) is 5.36. The van der Waals surface area contributed by atoms with Crippen molar-refractivity contribution in [3.05, 3.63) is 58.9 Å². The highest BCUT2D eigenvalue weighted by molar-refractivity contribution is 5.44. The van der Waals surface area contributed by atoms with E-state index in [-0.39, 0.29) is 18.0 Å². The van der Waals surface area contributed by atoms with Gasteiger partial charge in [0.1, 0.15) is 23.4 Å². The molecule has 0 amide bonds. The van der Waals surface area contributed by atoms with Crippen LogP contribution in [0.4, 0.5) is 4.39 Å². The summed E-state index contributed by atoms with van der Waals surface area (Å²) in [7, 11) is 1.61. The maximum Gasteiger partial charge on any atom is 0.128 e. The molecule has 0 saturated carbocycles. The second-order valence-electron chi connectivity index (χ2n) is 5.36. The van der Waals surface area contributed by atoms with E-state index in [0.29, 0.717) is 17.7 Å². The van der Waals surface area contributed by atoms with Crippen LogP contribution in [-0.4, -0.2) is 7.11 Å². The Morgan fingerprint density at radius 2 is 2.05 bits per heavy atom. The van der Waals surface area contributed by atoms with E-state index in [2.05, 4.69) is 0 Å². The predicted molar refractivity (Wildman–Crippen MR) is 79.0 cm³/mol. The van der Waals surface area contributed by atoms with E-state index in [1.54, 1.807) is 20.1 Å². The molecule has 3 rings (SSSR count). The zero-order valence-corrected chi connectivity index (χ0v) is 12.1. The van der Waals surface area contributed by atoms with Gasteiger partial charge in [0.15, 0.2) is 0 Å². The minimum absolute atomic E-state index is 0.131. The summed E-state index contributed by atoms with van der Waals surface area (Å²) in [6, 6.07) is 10.7. The number of benzene rings is 2. The van der Waals surface area contributed by atoms with Crippen molar-refractivity contribution in [1.29, 1.82) is 0 Å². The largest absolute Gasteiger partial charge is 0.497 e. The van der Waals surface area contributed by atoms with Gasteiger partial charge in [0.05, 0.1) is 7.11 Å². The highest BCUT2D eigenvalue weighted by Crippen LogP contribution is 2.41. The third kappa shape index (κ3) is 2.59. The van der Waals surface area contributed by atoms with Crippen molar-refractivity contribution in [2.24, 2.45) is 5.73 Å². The van der Waals surface area contributed by atoms with Crippen LogP contribution in [0.25, 0.3) is 0 Å². The van der Waals surface area contributed by atoms with Gasteiger partial charge in [-0.15, -0.1) is 0 Å². The molecule has 0 spiro atoms. The first kappa shape index (κ1) is 13.9. The van der Waals surface area contributed by atoms with Gasteiger partial charge in [0, 0.05) is 24.1 Å². The zero-order chi connectivity index (χ0) is 15.0. The molecule has 21 heavy (non-hydrogen) atoms. The van der Waals surface area contributed by atoms with Gasteiger partial charge in [-0.2, -0.15) is 0 Å². The Hall–Kier alpha value is -2.07. The first-order chi connectivity index (χ1) is 10.1. The highest BCUT2D eigenvalue weighted by Gasteiger charge is 2.27. The summed E-state index contributed by atoms with van der Waals surface area (Å²) in [5.74, 6) is 1.21. The lowest BCUT2D eigenvalue weighted by atomic mass is 9.93. The van der Waals surface area contributed by atoms with Gasteiger partial charge < -0.3 is 15.2 Å². The average Bonchev–Trinajstić information content (AvgIpc) is 2.49. The summed E-state index contributed by atoms with van der Waals surface area (Å²) in [6.07, 6.45) is 0.386. The van der Waals surface area contributed by atoms with Gasteiger partial charge in [0.25, 0.3) is 0 Å². The smallest absolute Gasteiger partial charge is 0.128 e. The monoisotopic (exact) mass is 287 g/mol. The Kier molecular flexibility index (Phi) is 3.55. The second kappa shape index (κ2) is 5.37. The quantitative estimate of drug-likeness (QED) is 0.916. The number of hydrogen-bond acceptors (Lipinski definition) is 3. The van der Waals surface area contributed by atoms with Gasteiger partial charge in [-0.25, -0.2) is 4.39 Å². The summed E-state index contributed by atoms with van der Waals surface area (Å²) in [5.41, 5.74) is 8.61. The minimum Gasteiger partial charge on any atom is -0.497 e. The number of methoxy groups -OCH3 is 1. The molecule has 0 saturated heterocycles. The molecular weight excluding hydrogens is 269 g/mol.